The summed E-state index contributed by atoms with van der Waals surface area (Å²) in [6.45, 7) is 3.83. The first kappa shape index (κ1) is 14.8. The molecule has 1 fully saturated rings. The highest BCUT2D eigenvalue weighted by atomic mass is 16.3. The Morgan fingerprint density at radius 1 is 1.55 bits per heavy atom. The second-order valence-corrected chi connectivity index (χ2v) is 5.68. The number of hydrogen-bond acceptors (Lipinski definition) is 3. The Hall–Kier alpha value is -1.62. The average molecular weight is 278 g/mol. The van der Waals surface area contributed by atoms with Crippen LogP contribution < -0.4 is 10.7 Å². The van der Waals surface area contributed by atoms with Crippen LogP contribution in [-0.2, 0) is 7.05 Å². The lowest BCUT2D eigenvalue weighted by molar-refractivity contribution is 0.0232. The molecule has 1 aliphatic rings. The van der Waals surface area contributed by atoms with Crippen LogP contribution in [0.5, 0.6) is 0 Å². The molecule has 1 aliphatic carbocycles. The molecule has 1 aromatic rings. The van der Waals surface area contributed by atoms with E-state index in [9.17, 15) is 14.7 Å². The molecule has 2 N–H and O–H groups in total. The van der Waals surface area contributed by atoms with Crippen molar-refractivity contribution in [3.63, 3.8) is 0 Å². The van der Waals surface area contributed by atoms with Crippen LogP contribution in [0.15, 0.2) is 17.1 Å². The first-order valence-corrected chi connectivity index (χ1v) is 7.08. The van der Waals surface area contributed by atoms with Crippen molar-refractivity contribution >= 4 is 5.91 Å². The third-order valence-electron chi connectivity index (χ3n) is 4.20. The summed E-state index contributed by atoms with van der Waals surface area (Å²) in [5, 5.41) is 12.3. The molecule has 0 unspecified atom stereocenters. The molecule has 5 heteroatoms. The van der Waals surface area contributed by atoms with Crippen molar-refractivity contribution < 1.29 is 9.90 Å². The van der Waals surface area contributed by atoms with Gasteiger partial charge in [0.1, 0.15) is 5.56 Å². The van der Waals surface area contributed by atoms with Crippen LogP contribution in [0.1, 0.15) is 42.2 Å². The molecule has 0 spiro atoms. The van der Waals surface area contributed by atoms with Gasteiger partial charge >= 0.3 is 0 Å². The van der Waals surface area contributed by atoms with Crippen LogP contribution in [0.3, 0.4) is 0 Å². The van der Waals surface area contributed by atoms with Gasteiger partial charge in [-0.25, -0.2) is 0 Å². The second kappa shape index (κ2) is 5.79. The van der Waals surface area contributed by atoms with Gasteiger partial charge in [-0.2, -0.15) is 0 Å². The molecular formula is C15H22N2O3. The Morgan fingerprint density at radius 3 is 2.75 bits per heavy atom. The van der Waals surface area contributed by atoms with Gasteiger partial charge in [0.25, 0.3) is 5.91 Å². The molecule has 1 heterocycles. The Morgan fingerprint density at radius 2 is 2.20 bits per heavy atom. The number of nitrogens with one attached hydrogen (secondary N) is 1. The van der Waals surface area contributed by atoms with E-state index in [1.165, 1.54) is 6.07 Å². The van der Waals surface area contributed by atoms with Gasteiger partial charge in [-0.1, -0.05) is 6.92 Å². The van der Waals surface area contributed by atoms with E-state index in [0.717, 1.165) is 25.0 Å². The predicted octanol–water partition coefficient (Wildman–Crippen LogP) is 0.973. The van der Waals surface area contributed by atoms with Gasteiger partial charge < -0.3 is 15.0 Å². The lowest BCUT2D eigenvalue weighted by atomic mass is 9.76. The number of hydrogen-bond donors (Lipinski definition) is 2. The summed E-state index contributed by atoms with van der Waals surface area (Å²) < 4.78 is 1.77. The molecule has 20 heavy (non-hydrogen) atoms. The first-order chi connectivity index (χ1) is 9.42. The second-order valence-electron chi connectivity index (χ2n) is 5.68. The lowest BCUT2D eigenvalue weighted by Crippen LogP contribution is -2.47. The minimum Gasteiger partial charge on any atom is -0.393 e. The van der Waals surface area contributed by atoms with Crippen molar-refractivity contribution in [1.29, 1.82) is 0 Å². The van der Waals surface area contributed by atoms with Crippen LogP contribution in [0.4, 0.5) is 0 Å². The number of carbonyl (C=O) groups excluding carboxylic acids is 1. The number of aromatic nitrogens is 1. The summed E-state index contributed by atoms with van der Waals surface area (Å²) in [4.78, 5) is 24.1. The van der Waals surface area contributed by atoms with Gasteiger partial charge in [-0.3, -0.25) is 9.59 Å². The molecule has 1 aromatic heterocycles. The van der Waals surface area contributed by atoms with E-state index in [0.29, 0.717) is 5.92 Å². The summed E-state index contributed by atoms with van der Waals surface area (Å²) in [7, 11) is 1.81. The minimum absolute atomic E-state index is 0.0249. The molecular weight excluding hydrogens is 256 g/mol. The largest absolute Gasteiger partial charge is 0.393 e. The van der Waals surface area contributed by atoms with Crippen LogP contribution >= 0.6 is 0 Å². The molecule has 0 saturated heterocycles. The molecule has 1 amide bonds. The molecule has 1 saturated carbocycles. The van der Waals surface area contributed by atoms with E-state index in [4.69, 9.17) is 0 Å². The summed E-state index contributed by atoms with van der Waals surface area (Å²) >= 11 is 0. The first-order valence-electron chi connectivity index (χ1n) is 7.08. The van der Waals surface area contributed by atoms with Crippen molar-refractivity contribution in [2.45, 2.75) is 45.3 Å². The standard InChI is InChI=1S/C15H22N2O3/c1-4-13(10-6-11(18)7-10)16-15(20)12-8-17(3)9(2)5-14(12)19/h5,8,10-11,13,18H,4,6-7H2,1-3H3,(H,16,20)/t10?,11?,13-/m0/s1. The summed E-state index contributed by atoms with van der Waals surface area (Å²) in [5.41, 5.74) is 0.749. The fourth-order valence-corrected chi connectivity index (χ4v) is 2.66. The van der Waals surface area contributed by atoms with Crippen LogP contribution in [0.2, 0.25) is 0 Å². The highest BCUT2D eigenvalue weighted by molar-refractivity contribution is 5.94. The maximum absolute atomic E-state index is 12.2. The van der Waals surface area contributed by atoms with E-state index in [1.54, 1.807) is 10.8 Å². The Kier molecular flexibility index (Phi) is 4.28. The van der Waals surface area contributed by atoms with Gasteiger partial charge in [0.05, 0.1) is 6.10 Å². The third-order valence-corrected chi connectivity index (χ3v) is 4.20. The monoisotopic (exact) mass is 278 g/mol. The average Bonchev–Trinajstić information content (AvgIpc) is 2.36. The number of nitrogens with zero attached hydrogens (tertiary/aromatic N) is 1. The van der Waals surface area contributed by atoms with Crippen molar-refractivity contribution in [1.82, 2.24) is 9.88 Å². The van der Waals surface area contributed by atoms with Gasteiger partial charge in [-0.05, 0) is 32.1 Å². The Labute approximate surface area is 118 Å². The van der Waals surface area contributed by atoms with Crippen molar-refractivity contribution in [2.24, 2.45) is 13.0 Å². The summed E-state index contributed by atoms with van der Waals surface area (Å²) in [6, 6.07) is 1.50. The fraction of sp³-hybridized carbons (Fsp3) is 0.600. The van der Waals surface area contributed by atoms with Crippen molar-refractivity contribution in [2.75, 3.05) is 0 Å². The van der Waals surface area contributed by atoms with Gasteiger partial charge in [0, 0.05) is 31.0 Å². The van der Waals surface area contributed by atoms with Gasteiger partial charge in [0.2, 0.25) is 0 Å². The van der Waals surface area contributed by atoms with Gasteiger partial charge in [-0.15, -0.1) is 0 Å². The molecule has 0 radical (unpaired) electrons. The van der Waals surface area contributed by atoms with E-state index in [-0.39, 0.29) is 29.0 Å². The summed E-state index contributed by atoms with van der Waals surface area (Å²) in [6.07, 6.45) is 3.60. The highest BCUT2D eigenvalue weighted by Gasteiger charge is 2.34. The zero-order chi connectivity index (χ0) is 14.9. The molecule has 5 nitrogen and oxygen atoms in total. The topological polar surface area (TPSA) is 71.3 Å². The Balaban J connectivity index is 2.11. The number of aliphatic hydroxyl groups is 1. The minimum atomic E-state index is -0.321. The zero-order valence-corrected chi connectivity index (χ0v) is 12.2. The van der Waals surface area contributed by atoms with Gasteiger partial charge in [0.15, 0.2) is 5.43 Å². The number of aryl methyl sites for hydroxylation is 2. The maximum atomic E-state index is 12.2. The smallest absolute Gasteiger partial charge is 0.256 e. The molecule has 0 aromatic carbocycles. The van der Waals surface area contributed by atoms with E-state index < -0.39 is 0 Å². The fourth-order valence-electron chi connectivity index (χ4n) is 2.66. The van der Waals surface area contributed by atoms with E-state index in [2.05, 4.69) is 5.32 Å². The maximum Gasteiger partial charge on any atom is 0.256 e. The highest BCUT2D eigenvalue weighted by Crippen LogP contribution is 2.31. The van der Waals surface area contributed by atoms with Crippen LogP contribution in [-0.4, -0.2) is 27.7 Å². The third kappa shape index (κ3) is 2.93. The zero-order valence-electron chi connectivity index (χ0n) is 12.2. The normalized spacial score (nSPS) is 23.0. The molecule has 0 bridgehead atoms. The quantitative estimate of drug-likeness (QED) is 0.862. The number of amides is 1. The molecule has 2 rings (SSSR count). The van der Waals surface area contributed by atoms with Crippen molar-refractivity contribution in [3.05, 3.63) is 33.7 Å². The Bertz CT molecular complexity index is 559. The van der Waals surface area contributed by atoms with E-state index >= 15 is 0 Å². The number of carbonyl (C=O) groups is 1. The number of aliphatic hydroxyl groups excluding tert-OH is 1. The SMILES string of the molecule is CC[C@H](NC(=O)c1cn(C)c(C)cc1=O)C1CC(O)C1. The summed E-state index contributed by atoms with van der Waals surface area (Å²) in [5.74, 6) is -0.00732. The van der Waals surface area contributed by atoms with Crippen LogP contribution in [0, 0.1) is 12.8 Å². The lowest BCUT2D eigenvalue weighted by Gasteiger charge is -2.37. The number of rotatable bonds is 4. The predicted molar refractivity (Wildman–Crippen MR) is 76.7 cm³/mol. The van der Waals surface area contributed by atoms with Crippen LogP contribution in [0.25, 0.3) is 0 Å². The van der Waals surface area contributed by atoms with E-state index in [1.807, 2.05) is 20.9 Å². The van der Waals surface area contributed by atoms with Crippen molar-refractivity contribution in [3.8, 4) is 0 Å². The molecule has 1 atom stereocenters. The molecule has 110 valence electrons. The number of pyridine rings is 1. The molecule has 0 aliphatic heterocycles.